The van der Waals surface area contributed by atoms with Crippen LogP contribution in [-0.2, 0) is 9.53 Å². The van der Waals surface area contributed by atoms with Gasteiger partial charge < -0.3 is 19.2 Å². The Morgan fingerprint density at radius 1 is 1.17 bits per heavy atom. The molecule has 0 unspecified atom stereocenters. The Morgan fingerprint density at radius 3 is 2.54 bits per heavy atom. The number of thiocarbonyl (C=S) groups is 1. The van der Waals surface area contributed by atoms with E-state index < -0.39 is 5.60 Å². The topological polar surface area (TPSA) is 73.1 Å². The van der Waals surface area contributed by atoms with Crippen LogP contribution in [0.4, 0.5) is 5.69 Å². The summed E-state index contributed by atoms with van der Waals surface area (Å²) in [5, 5.41) is 4.12. The lowest BCUT2D eigenvalue weighted by molar-refractivity contribution is -0.126. The Balaban J connectivity index is 1.89. The van der Waals surface area contributed by atoms with Crippen molar-refractivity contribution >= 4 is 51.4 Å². The van der Waals surface area contributed by atoms with Crippen molar-refractivity contribution in [3.63, 3.8) is 0 Å². The fraction of sp³-hybridized carbons (Fsp3) is 0.370. The third kappa shape index (κ3) is 7.88. The molecule has 0 aliphatic carbocycles. The van der Waals surface area contributed by atoms with Gasteiger partial charge in [0.1, 0.15) is 16.3 Å². The van der Waals surface area contributed by atoms with Crippen molar-refractivity contribution in [2.75, 3.05) is 13.7 Å². The van der Waals surface area contributed by atoms with Crippen LogP contribution in [0.3, 0.4) is 0 Å². The van der Waals surface area contributed by atoms with Gasteiger partial charge in [0.15, 0.2) is 0 Å². The van der Waals surface area contributed by atoms with Crippen molar-refractivity contribution in [1.82, 2.24) is 5.32 Å². The highest BCUT2D eigenvalue weighted by Crippen LogP contribution is 2.21. The van der Waals surface area contributed by atoms with Crippen molar-refractivity contribution in [3.8, 4) is 5.75 Å². The maximum absolute atomic E-state index is 12.8. The molecule has 0 fully saturated rings. The molecule has 1 amide bonds. The van der Waals surface area contributed by atoms with Gasteiger partial charge in [0.2, 0.25) is 11.5 Å². The fourth-order valence-electron chi connectivity index (χ4n) is 3.37. The highest BCUT2D eigenvalue weighted by atomic mass is 35.5. The van der Waals surface area contributed by atoms with Gasteiger partial charge in [-0.3, -0.25) is 4.79 Å². The molecule has 3 rings (SSSR count). The third-order valence-electron chi connectivity index (χ3n) is 5.28. The molecule has 1 aromatic heterocycles. The van der Waals surface area contributed by atoms with Gasteiger partial charge >= 0.3 is 0 Å². The summed E-state index contributed by atoms with van der Waals surface area (Å²) >= 11 is 11.8. The van der Waals surface area contributed by atoms with Gasteiger partial charge in [0.05, 0.1) is 30.4 Å². The summed E-state index contributed by atoms with van der Waals surface area (Å²) in [6.45, 7) is 8.66. The van der Waals surface area contributed by atoms with E-state index in [9.17, 15) is 4.79 Å². The van der Waals surface area contributed by atoms with E-state index in [2.05, 4.69) is 24.2 Å². The summed E-state index contributed by atoms with van der Waals surface area (Å²) < 4.78 is 17.2. The van der Waals surface area contributed by atoms with Gasteiger partial charge in [0, 0.05) is 17.0 Å². The smallest absolute Gasteiger partial charge is 0.230 e. The molecule has 1 heterocycles. The molecule has 0 saturated heterocycles. The van der Waals surface area contributed by atoms with Crippen LogP contribution in [0.5, 0.6) is 5.75 Å². The van der Waals surface area contributed by atoms with Crippen LogP contribution in [-0.4, -0.2) is 30.2 Å². The van der Waals surface area contributed by atoms with Crippen LogP contribution >= 0.6 is 23.8 Å². The van der Waals surface area contributed by atoms with E-state index in [1.54, 1.807) is 37.4 Å². The van der Waals surface area contributed by atoms with Crippen LogP contribution in [0.1, 0.15) is 46.1 Å². The zero-order valence-corrected chi connectivity index (χ0v) is 22.3. The predicted octanol–water partition coefficient (Wildman–Crippen LogP) is 6.35. The molecule has 0 atom stereocenters. The molecule has 0 aliphatic rings. The van der Waals surface area contributed by atoms with Crippen LogP contribution in [0.2, 0.25) is 5.02 Å². The number of carbonyl (C=O) groups is 1. The molecule has 3 aromatic rings. The second kappa shape index (κ2) is 11.8. The van der Waals surface area contributed by atoms with Crippen molar-refractivity contribution in [2.45, 2.75) is 46.1 Å². The number of rotatable bonds is 9. The summed E-state index contributed by atoms with van der Waals surface area (Å²) in [6.07, 6.45) is 1.09. The average Bonchev–Trinajstić information content (AvgIpc) is 2.78. The first-order chi connectivity index (χ1) is 16.6. The maximum atomic E-state index is 12.8. The number of nitrogens with one attached hydrogen (secondary N) is 1. The molecule has 0 saturated carbocycles. The fourth-order valence-corrected chi connectivity index (χ4v) is 3.81. The summed E-state index contributed by atoms with van der Waals surface area (Å²) in [5.74, 6) is 1.01. The summed E-state index contributed by atoms with van der Waals surface area (Å²) in [7, 11) is 1.60. The largest absolute Gasteiger partial charge is 0.497 e. The van der Waals surface area contributed by atoms with Crippen molar-refractivity contribution in [2.24, 2.45) is 10.9 Å². The molecule has 6 nitrogen and oxygen atoms in total. The summed E-state index contributed by atoms with van der Waals surface area (Å²) in [4.78, 5) is 17.7. The first-order valence-corrected chi connectivity index (χ1v) is 12.3. The Bertz CT molecular complexity index is 1270. The lowest BCUT2D eigenvalue weighted by Gasteiger charge is -2.25. The lowest BCUT2D eigenvalue weighted by atomic mass is 10.0. The molecule has 8 heteroatoms. The molecular formula is C27H31ClN2O4S. The highest BCUT2D eigenvalue weighted by molar-refractivity contribution is 7.80. The lowest BCUT2D eigenvalue weighted by Crippen LogP contribution is -2.38. The van der Waals surface area contributed by atoms with E-state index in [1.807, 2.05) is 32.0 Å². The number of amides is 1. The molecule has 0 bridgehead atoms. The Kier molecular flexibility index (Phi) is 9.05. The van der Waals surface area contributed by atoms with Gasteiger partial charge in [-0.05, 0) is 74.7 Å². The van der Waals surface area contributed by atoms with E-state index in [0.29, 0.717) is 34.4 Å². The first kappa shape index (κ1) is 26.9. The standard InChI is InChI=1S/C27H31ClN2O4S/c1-17(2)12-13-33-27(3,4)16-24(31)30-26(35)22-15-18-14-19(28)6-11-23(18)34-25(22)29-20-7-9-21(32-5)10-8-20/h6-11,14-15,17H,12-13,16H2,1-5H3,(H,30,31,35). The second-order valence-electron chi connectivity index (χ2n) is 9.30. The van der Waals surface area contributed by atoms with Gasteiger partial charge in [-0.15, -0.1) is 0 Å². The zero-order valence-electron chi connectivity index (χ0n) is 20.7. The molecular weight excluding hydrogens is 484 g/mol. The number of benzene rings is 2. The first-order valence-electron chi connectivity index (χ1n) is 11.5. The normalized spacial score (nSPS) is 12.3. The average molecular weight is 515 g/mol. The van der Waals surface area contributed by atoms with Crippen molar-refractivity contribution in [3.05, 3.63) is 64.7 Å². The molecule has 0 radical (unpaired) electrons. The Hall–Kier alpha value is -2.74. The molecule has 0 spiro atoms. The van der Waals surface area contributed by atoms with Gasteiger partial charge in [-0.2, -0.15) is 0 Å². The number of nitrogens with zero attached hydrogens (tertiary/aromatic N) is 1. The molecule has 0 aliphatic heterocycles. The maximum Gasteiger partial charge on any atom is 0.230 e. The highest BCUT2D eigenvalue weighted by Gasteiger charge is 2.24. The van der Waals surface area contributed by atoms with E-state index in [-0.39, 0.29) is 22.9 Å². The predicted molar refractivity (Wildman–Crippen MR) is 143 cm³/mol. The van der Waals surface area contributed by atoms with Crippen LogP contribution in [0.15, 0.2) is 57.9 Å². The number of methoxy groups -OCH3 is 1. The number of ether oxygens (including phenoxy) is 2. The van der Waals surface area contributed by atoms with Gasteiger partial charge in [-0.25, -0.2) is 4.99 Å². The SMILES string of the molecule is COc1ccc(N=c2oc3ccc(Cl)cc3cc2C(=S)NC(=O)CC(C)(C)OCCC(C)C)cc1. The minimum atomic E-state index is -0.619. The van der Waals surface area contributed by atoms with E-state index in [4.69, 9.17) is 37.7 Å². The van der Waals surface area contributed by atoms with Gasteiger partial charge in [-0.1, -0.05) is 37.7 Å². The minimum Gasteiger partial charge on any atom is -0.497 e. The minimum absolute atomic E-state index is 0.159. The zero-order chi connectivity index (χ0) is 25.6. The Morgan fingerprint density at radius 2 is 1.89 bits per heavy atom. The third-order valence-corrected chi connectivity index (χ3v) is 5.84. The number of fused-ring (bicyclic) bond motifs is 1. The molecule has 35 heavy (non-hydrogen) atoms. The van der Waals surface area contributed by atoms with E-state index in [1.165, 1.54) is 0 Å². The molecule has 1 N–H and O–H groups in total. The number of hydrogen-bond donors (Lipinski definition) is 1. The molecule has 2 aromatic carbocycles. The second-order valence-corrected chi connectivity index (χ2v) is 10.1. The van der Waals surface area contributed by atoms with Crippen molar-refractivity contribution in [1.29, 1.82) is 0 Å². The van der Waals surface area contributed by atoms with Crippen LogP contribution in [0, 0.1) is 5.92 Å². The Labute approximate surface area is 216 Å². The summed E-state index contributed by atoms with van der Waals surface area (Å²) in [6, 6.07) is 14.3. The van der Waals surface area contributed by atoms with E-state index in [0.717, 1.165) is 17.6 Å². The van der Waals surface area contributed by atoms with Crippen molar-refractivity contribution < 1.29 is 18.7 Å². The summed E-state index contributed by atoms with van der Waals surface area (Å²) in [5.41, 5.74) is 1.39. The van der Waals surface area contributed by atoms with E-state index >= 15 is 0 Å². The number of carbonyl (C=O) groups excluding carboxylic acids is 1. The quantitative estimate of drug-likeness (QED) is 0.337. The van der Waals surface area contributed by atoms with Crippen LogP contribution in [0.25, 0.3) is 11.0 Å². The molecule has 186 valence electrons. The number of halogens is 1. The van der Waals surface area contributed by atoms with Gasteiger partial charge in [0.25, 0.3) is 0 Å². The monoisotopic (exact) mass is 514 g/mol. The number of hydrogen-bond acceptors (Lipinski definition) is 6. The van der Waals surface area contributed by atoms with Crippen LogP contribution < -0.4 is 15.6 Å².